The number of hydrogen-bond acceptors (Lipinski definition) is 6. The van der Waals surface area contributed by atoms with Gasteiger partial charge in [0.25, 0.3) is 0 Å². The van der Waals surface area contributed by atoms with Gasteiger partial charge in [-0.15, -0.1) is 0 Å². The molecule has 0 aliphatic rings. The first-order valence-corrected chi connectivity index (χ1v) is 6.82. The van der Waals surface area contributed by atoms with Crippen molar-refractivity contribution >= 4 is 24.1 Å². The Kier molecular flexibility index (Phi) is 9.46. The predicted octanol–water partition coefficient (Wildman–Crippen LogP) is -3.24. The fourth-order valence-electron chi connectivity index (χ4n) is 1.50. The Balaban J connectivity index is 4.20. The Hall–Kier alpha value is -2.20. The van der Waals surface area contributed by atoms with E-state index < -0.39 is 36.5 Å². The summed E-state index contributed by atoms with van der Waals surface area (Å²) in [7, 11) is 0. The number of guanidine groups is 1. The molecule has 9 N–H and O–H groups in total. The molecule has 3 atom stereocenters. The smallest absolute Gasteiger partial charge is 0.242 e. The number of amides is 2. The van der Waals surface area contributed by atoms with Crippen molar-refractivity contribution < 1.29 is 19.5 Å². The van der Waals surface area contributed by atoms with Crippen molar-refractivity contribution in [3.8, 4) is 0 Å². The standard InChI is InChI=1S/C12H24N6O4/c1-7(17-11(22)9(13)6-20)10(21)18-8(5-19)3-2-4-16-12(14)15/h5,7-9,20H,2-4,6,13H2,1H3,(H,17,22)(H,18,21)(H4,14,15,16)/t7-,8-,9+/m0/s1. The maximum Gasteiger partial charge on any atom is 0.242 e. The van der Waals surface area contributed by atoms with Gasteiger partial charge in [0.1, 0.15) is 18.4 Å². The quantitative estimate of drug-likeness (QED) is 0.0955. The van der Waals surface area contributed by atoms with Crippen LogP contribution >= 0.6 is 0 Å². The van der Waals surface area contributed by atoms with Crippen molar-refractivity contribution in [2.75, 3.05) is 13.2 Å². The van der Waals surface area contributed by atoms with E-state index >= 15 is 0 Å². The molecular weight excluding hydrogens is 292 g/mol. The van der Waals surface area contributed by atoms with Gasteiger partial charge >= 0.3 is 0 Å². The molecule has 10 nitrogen and oxygen atoms in total. The number of aliphatic hydroxyl groups excluding tert-OH is 1. The van der Waals surface area contributed by atoms with Crippen molar-refractivity contribution in [1.82, 2.24) is 16.0 Å². The first-order chi connectivity index (χ1) is 10.3. The minimum absolute atomic E-state index is 0.164. The lowest BCUT2D eigenvalue weighted by Crippen LogP contribution is -2.53. The minimum atomic E-state index is -1.10. The van der Waals surface area contributed by atoms with Gasteiger partial charge < -0.3 is 37.3 Å². The Morgan fingerprint density at radius 1 is 1.32 bits per heavy atom. The van der Waals surface area contributed by atoms with Crippen molar-refractivity contribution in [1.29, 1.82) is 5.41 Å². The normalized spacial score (nSPS) is 14.3. The van der Waals surface area contributed by atoms with Crippen LogP contribution in [0.1, 0.15) is 19.8 Å². The molecule has 0 aliphatic heterocycles. The zero-order valence-corrected chi connectivity index (χ0v) is 12.5. The predicted molar refractivity (Wildman–Crippen MR) is 79.8 cm³/mol. The third-order valence-corrected chi connectivity index (χ3v) is 2.78. The highest BCUT2D eigenvalue weighted by Gasteiger charge is 2.21. The highest BCUT2D eigenvalue weighted by atomic mass is 16.3. The minimum Gasteiger partial charge on any atom is -0.394 e. The largest absolute Gasteiger partial charge is 0.394 e. The van der Waals surface area contributed by atoms with Gasteiger partial charge in [0.15, 0.2) is 5.96 Å². The van der Waals surface area contributed by atoms with Gasteiger partial charge in [-0.05, 0) is 19.8 Å². The molecule has 0 radical (unpaired) electrons. The van der Waals surface area contributed by atoms with Gasteiger partial charge in [-0.2, -0.15) is 0 Å². The summed E-state index contributed by atoms with van der Waals surface area (Å²) in [4.78, 5) is 34.2. The lowest BCUT2D eigenvalue weighted by molar-refractivity contribution is -0.130. The highest BCUT2D eigenvalue weighted by molar-refractivity contribution is 5.90. The topological polar surface area (TPSA) is 183 Å². The molecule has 0 aliphatic carbocycles. The summed E-state index contributed by atoms with van der Waals surface area (Å²) in [6, 6.07) is -2.69. The van der Waals surface area contributed by atoms with Crippen LogP contribution in [-0.2, 0) is 14.4 Å². The zero-order valence-electron chi connectivity index (χ0n) is 12.5. The molecule has 0 aromatic heterocycles. The molecule has 2 amide bonds. The second kappa shape index (κ2) is 10.5. The van der Waals surface area contributed by atoms with E-state index in [1.807, 2.05) is 0 Å². The molecule has 0 spiro atoms. The second-order valence-corrected chi connectivity index (χ2v) is 4.75. The van der Waals surface area contributed by atoms with E-state index in [2.05, 4.69) is 16.0 Å². The number of aldehydes is 1. The van der Waals surface area contributed by atoms with E-state index in [0.29, 0.717) is 25.7 Å². The maximum absolute atomic E-state index is 11.8. The van der Waals surface area contributed by atoms with Gasteiger partial charge in [-0.1, -0.05) is 0 Å². The van der Waals surface area contributed by atoms with E-state index in [-0.39, 0.29) is 5.96 Å². The molecule has 0 unspecified atom stereocenters. The molecule has 0 rings (SSSR count). The van der Waals surface area contributed by atoms with Crippen LogP contribution in [0.25, 0.3) is 0 Å². The molecule has 10 heteroatoms. The van der Waals surface area contributed by atoms with E-state index in [0.717, 1.165) is 0 Å². The van der Waals surface area contributed by atoms with Crippen LogP contribution < -0.4 is 27.4 Å². The summed E-state index contributed by atoms with van der Waals surface area (Å²) in [5.41, 5.74) is 10.4. The lowest BCUT2D eigenvalue weighted by Gasteiger charge is -2.19. The summed E-state index contributed by atoms with van der Waals surface area (Å²) in [5, 5.41) is 23.1. The van der Waals surface area contributed by atoms with E-state index in [9.17, 15) is 14.4 Å². The Labute approximate surface area is 128 Å². The second-order valence-electron chi connectivity index (χ2n) is 4.75. The molecule has 22 heavy (non-hydrogen) atoms. The Morgan fingerprint density at radius 3 is 2.45 bits per heavy atom. The van der Waals surface area contributed by atoms with E-state index in [4.69, 9.17) is 22.0 Å². The van der Waals surface area contributed by atoms with E-state index in [1.54, 1.807) is 0 Å². The summed E-state index contributed by atoms with van der Waals surface area (Å²) in [5.74, 6) is -1.35. The molecule has 0 bridgehead atoms. The molecule has 126 valence electrons. The Bertz CT molecular complexity index is 403. The highest BCUT2D eigenvalue weighted by Crippen LogP contribution is 1.95. The number of hydrogen-bond donors (Lipinski definition) is 7. The van der Waals surface area contributed by atoms with Crippen LogP contribution in [0.4, 0.5) is 0 Å². The number of rotatable bonds is 10. The zero-order chi connectivity index (χ0) is 17.1. The van der Waals surface area contributed by atoms with Crippen LogP contribution in [0.5, 0.6) is 0 Å². The lowest BCUT2D eigenvalue weighted by atomic mass is 10.1. The van der Waals surface area contributed by atoms with Gasteiger partial charge in [0.05, 0.1) is 12.6 Å². The number of nitrogens with one attached hydrogen (secondary N) is 4. The molecule has 0 aromatic carbocycles. The van der Waals surface area contributed by atoms with Crippen LogP contribution in [0.2, 0.25) is 0 Å². The van der Waals surface area contributed by atoms with Gasteiger partial charge in [-0.3, -0.25) is 15.0 Å². The number of carbonyl (C=O) groups excluding carboxylic acids is 3. The summed E-state index contributed by atoms with van der Waals surface area (Å²) >= 11 is 0. The van der Waals surface area contributed by atoms with Crippen LogP contribution in [-0.4, -0.2) is 60.4 Å². The Morgan fingerprint density at radius 2 is 1.95 bits per heavy atom. The molecule has 0 fully saturated rings. The summed E-state index contributed by atoms with van der Waals surface area (Å²) < 4.78 is 0. The number of nitrogens with two attached hydrogens (primary N) is 2. The van der Waals surface area contributed by atoms with E-state index in [1.165, 1.54) is 6.92 Å². The van der Waals surface area contributed by atoms with Crippen molar-refractivity contribution in [3.63, 3.8) is 0 Å². The summed E-state index contributed by atoms with van der Waals surface area (Å²) in [6.07, 6.45) is 1.49. The van der Waals surface area contributed by atoms with Gasteiger partial charge in [0, 0.05) is 6.54 Å². The first-order valence-electron chi connectivity index (χ1n) is 6.82. The molecular formula is C12H24N6O4. The SMILES string of the molecule is C[C@H](NC(=O)[C@H](N)CO)C(=O)N[C@H](C=O)CCCNC(=N)N. The van der Waals surface area contributed by atoms with Crippen LogP contribution in [0.3, 0.4) is 0 Å². The van der Waals surface area contributed by atoms with Gasteiger partial charge in [0.2, 0.25) is 11.8 Å². The third kappa shape index (κ3) is 8.17. The first kappa shape index (κ1) is 19.8. The average Bonchev–Trinajstić information content (AvgIpc) is 2.48. The van der Waals surface area contributed by atoms with Gasteiger partial charge in [-0.25, -0.2) is 0 Å². The number of aliphatic hydroxyl groups is 1. The monoisotopic (exact) mass is 316 g/mol. The van der Waals surface area contributed by atoms with Crippen molar-refractivity contribution in [3.05, 3.63) is 0 Å². The number of carbonyl (C=O) groups is 3. The van der Waals surface area contributed by atoms with Crippen molar-refractivity contribution in [2.24, 2.45) is 11.5 Å². The average molecular weight is 316 g/mol. The molecule has 0 aromatic rings. The summed E-state index contributed by atoms with van der Waals surface area (Å²) in [6.45, 7) is 1.32. The third-order valence-electron chi connectivity index (χ3n) is 2.78. The molecule has 0 saturated carbocycles. The fraction of sp³-hybridized carbons (Fsp3) is 0.667. The van der Waals surface area contributed by atoms with Crippen LogP contribution in [0, 0.1) is 5.41 Å². The maximum atomic E-state index is 11.8. The molecule has 0 saturated heterocycles. The fourth-order valence-corrected chi connectivity index (χ4v) is 1.50. The van der Waals surface area contributed by atoms with Crippen molar-refractivity contribution in [2.45, 2.75) is 37.9 Å². The van der Waals surface area contributed by atoms with Crippen LogP contribution in [0.15, 0.2) is 0 Å². The molecule has 0 heterocycles.